The fourth-order valence-electron chi connectivity index (χ4n) is 2.57. The molecule has 1 saturated heterocycles. The van der Waals surface area contributed by atoms with Crippen molar-refractivity contribution >= 4 is 5.91 Å². The van der Waals surface area contributed by atoms with E-state index in [0.717, 1.165) is 25.9 Å². The first-order valence-corrected chi connectivity index (χ1v) is 6.35. The Hall–Kier alpha value is -1.42. The highest BCUT2D eigenvalue weighted by Gasteiger charge is 2.29. The van der Waals surface area contributed by atoms with E-state index in [9.17, 15) is 9.18 Å². The van der Waals surface area contributed by atoms with E-state index in [1.54, 1.807) is 13.0 Å². The van der Waals surface area contributed by atoms with Gasteiger partial charge in [-0.15, -0.1) is 0 Å². The molecular formula is C14H19FN2O. The molecule has 0 bridgehead atoms. The molecule has 4 heteroatoms. The van der Waals surface area contributed by atoms with Gasteiger partial charge < -0.3 is 10.2 Å². The molecule has 1 fully saturated rings. The number of benzene rings is 1. The van der Waals surface area contributed by atoms with Gasteiger partial charge in [-0.25, -0.2) is 4.39 Å². The van der Waals surface area contributed by atoms with Crippen LogP contribution in [0.15, 0.2) is 18.2 Å². The van der Waals surface area contributed by atoms with Crippen LogP contribution >= 0.6 is 0 Å². The van der Waals surface area contributed by atoms with Gasteiger partial charge >= 0.3 is 0 Å². The summed E-state index contributed by atoms with van der Waals surface area (Å²) in [6.45, 7) is 3.38. The zero-order valence-electron chi connectivity index (χ0n) is 10.9. The smallest absolute Gasteiger partial charge is 0.254 e. The van der Waals surface area contributed by atoms with Gasteiger partial charge in [0.25, 0.3) is 5.91 Å². The fraction of sp³-hybridized carbons (Fsp3) is 0.500. The van der Waals surface area contributed by atoms with E-state index in [1.807, 2.05) is 11.9 Å². The predicted molar refractivity (Wildman–Crippen MR) is 69.1 cm³/mol. The monoisotopic (exact) mass is 250 g/mol. The summed E-state index contributed by atoms with van der Waals surface area (Å²) in [5.74, 6) is -0.275. The third kappa shape index (κ3) is 2.53. The van der Waals surface area contributed by atoms with Crippen molar-refractivity contribution in [2.45, 2.75) is 25.8 Å². The highest BCUT2D eigenvalue weighted by Crippen LogP contribution is 2.21. The fourth-order valence-corrected chi connectivity index (χ4v) is 2.57. The van der Waals surface area contributed by atoms with E-state index in [-0.39, 0.29) is 17.8 Å². The molecule has 3 nitrogen and oxygen atoms in total. The maximum Gasteiger partial charge on any atom is 0.254 e. The van der Waals surface area contributed by atoms with Gasteiger partial charge in [0.2, 0.25) is 0 Å². The summed E-state index contributed by atoms with van der Waals surface area (Å²) in [6.07, 6.45) is 2.07. The Kier molecular flexibility index (Phi) is 3.97. The summed E-state index contributed by atoms with van der Waals surface area (Å²) < 4.78 is 13.1. The number of likely N-dealkylation sites (N-methyl/N-ethyl adjacent to an activating group) is 1. The van der Waals surface area contributed by atoms with Crippen molar-refractivity contribution in [2.75, 3.05) is 20.1 Å². The third-order valence-electron chi connectivity index (χ3n) is 3.50. The van der Waals surface area contributed by atoms with Crippen LogP contribution in [0.3, 0.4) is 0 Å². The molecule has 1 aromatic carbocycles. The molecule has 0 saturated carbocycles. The van der Waals surface area contributed by atoms with Crippen LogP contribution in [-0.4, -0.2) is 37.0 Å². The number of carbonyl (C=O) groups is 1. The molecule has 0 radical (unpaired) electrons. The minimum Gasteiger partial charge on any atom is -0.334 e. The van der Waals surface area contributed by atoms with Gasteiger partial charge in [0.05, 0.1) is 0 Å². The van der Waals surface area contributed by atoms with Crippen LogP contribution < -0.4 is 5.32 Å². The van der Waals surface area contributed by atoms with Gasteiger partial charge in [0.1, 0.15) is 5.82 Å². The van der Waals surface area contributed by atoms with Crippen molar-refractivity contribution in [3.63, 3.8) is 0 Å². The van der Waals surface area contributed by atoms with Crippen LogP contribution in [0.1, 0.15) is 28.8 Å². The van der Waals surface area contributed by atoms with Crippen molar-refractivity contribution in [1.82, 2.24) is 10.2 Å². The molecule has 1 amide bonds. The molecule has 1 heterocycles. The average molecular weight is 250 g/mol. The summed E-state index contributed by atoms with van der Waals surface area (Å²) in [7, 11) is 1.89. The molecule has 18 heavy (non-hydrogen) atoms. The van der Waals surface area contributed by atoms with Crippen molar-refractivity contribution in [3.05, 3.63) is 35.1 Å². The Morgan fingerprint density at radius 3 is 3.00 bits per heavy atom. The highest BCUT2D eigenvalue weighted by molar-refractivity contribution is 5.96. The SMILES string of the molecule is CNCC1CCCN1C(=O)c1ccc(F)cc1C. The minimum absolute atomic E-state index is 0.0188. The van der Waals surface area contributed by atoms with Crippen molar-refractivity contribution in [1.29, 1.82) is 0 Å². The van der Waals surface area contributed by atoms with Crippen molar-refractivity contribution in [3.8, 4) is 0 Å². The first-order chi connectivity index (χ1) is 8.63. The Morgan fingerprint density at radius 1 is 1.56 bits per heavy atom. The molecule has 1 unspecified atom stereocenters. The largest absolute Gasteiger partial charge is 0.334 e. The number of hydrogen-bond donors (Lipinski definition) is 1. The number of aryl methyl sites for hydroxylation is 1. The maximum atomic E-state index is 13.1. The lowest BCUT2D eigenvalue weighted by Crippen LogP contribution is -2.41. The Morgan fingerprint density at radius 2 is 2.33 bits per heavy atom. The quantitative estimate of drug-likeness (QED) is 0.889. The highest BCUT2D eigenvalue weighted by atomic mass is 19.1. The number of rotatable bonds is 3. The second-order valence-corrected chi connectivity index (χ2v) is 4.81. The number of halogens is 1. The van der Waals surface area contributed by atoms with Gasteiger partial charge in [-0.3, -0.25) is 4.79 Å². The number of nitrogens with one attached hydrogen (secondary N) is 1. The van der Waals surface area contributed by atoms with Crippen LogP contribution in [0.4, 0.5) is 4.39 Å². The summed E-state index contributed by atoms with van der Waals surface area (Å²) in [6, 6.07) is 4.61. The lowest BCUT2D eigenvalue weighted by atomic mass is 10.1. The molecule has 98 valence electrons. The lowest BCUT2D eigenvalue weighted by molar-refractivity contribution is 0.0736. The zero-order chi connectivity index (χ0) is 13.1. The summed E-state index contributed by atoms with van der Waals surface area (Å²) >= 11 is 0. The topological polar surface area (TPSA) is 32.3 Å². The van der Waals surface area contributed by atoms with Crippen LogP contribution in [0.25, 0.3) is 0 Å². The van der Waals surface area contributed by atoms with Crippen LogP contribution in [0, 0.1) is 12.7 Å². The van der Waals surface area contributed by atoms with E-state index in [1.165, 1.54) is 12.1 Å². The second-order valence-electron chi connectivity index (χ2n) is 4.81. The van der Waals surface area contributed by atoms with Gasteiger partial charge in [0.15, 0.2) is 0 Å². The van der Waals surface area contributed by atoms with E-state index in [0.29, 0.717) is 11.1 Å². The van der Waals surface area contributed by atoms with Crippen molar-refractivity contribution < 1.29 is 9.18 Å². The summed E-state index contributed by atoms with van der Waals surface area (Å²) in [4.78, 5) is 14.3. The predicted octanol–water partition coefficient (Wildman–Crippen LogP) is 1.96. The normalized spacial score (nSPS) is 19.3. The molecule has 2 rings (SSSR count). The minimum atomic E-state index is -0.294. The molecule has 0 aliphatic carbocycles. The Bertz CT molecular complexity index is 447. The lowest BCUT2D eigenvalue weighted by Gasteiger charge is -2.25. The van der Waals surface area contributed by atoms with E-state index in [4.69, 9.17) is 0 Å². The zero-order valence-corrected chi connectivity index (χ0v) is 10.9. The van der Waals surface area contributed by atoms with Gasteiger partial charge in [-0.2, -0.15) is 0 Å². The number of carbonyl (C=O) groups excluding carboxylic acids is 1. The van der Waals surface area contributed by atoms with Gasteiger partial charge in [0, 0.05) is 24.7 Å². The van der Waals surface area contributed by atoms with Gasteiger partial charge in [-0.1, -0.05) is 0 Å². The van der Waals surface area contributed by atoms with Crippen LogP contribution in [0.2, 0.25) is 0 Å². The first-order valence-electron chi connectivity index (χ1n) is 6.35. The molecule has 1 atom stereocenters. The van der Waals surface area contributed by atoms with E-state index < -0.39 is 0 Å². The van der Waals surface area contributed by atoms with Crippen LogP contribution in [-0.2, 0) is 0 Å². The Labute approximate surface area is 107 Å². The molecule has 0 aromatic heterocycles. The van der Waals surface area contributed by atoms with E-state index >= 15 is 0 Å². The first kappa shape index (κ1) is 13.0. The number of likely N-dealkylation sites (tertiary alicyclic amines) is 1. The molecule has 1 aliphatic heterocycles. The van der Waals surface area contributed by atoms with Crippen LogP contribution in [0.5, 0.6) is 0 Å². The molecule has 1 N–H and O–H groups in total. The standard InChI is InChI=1S/C14H19FN2O/c1-10-8-11(15)5-6-13(10)14(18)17-7-3-4-12(17)9-16-2/h5-6,8,12,16H,3-4,7,9H2,1-2H3. The molecule has 1 aliphatic rings. The number of amides is 1. The van der Waals surface area contributed by atoms with Gasteiger partial charge in [-0.05, 0) is 50.6 Å². The molecule has 0 spiro atoms. The molecular weight excluding hydrogens is 231 g/mol. The molecule has 1 aromatic rings. The van der Waals surface area contributed by atoms with Crippen molar-refractivity contribution in [2.24, 2.45) is 0 Å². The summed E-state index contributed by atoms with van der Waals surface area (Å²) in [5.41, 5.74) is 1.31. The second kappa shape index (κ2) is 5.48. The number of hydrogen-bond acceptors (Lipinski definition) is 2. The average Bonchev–Trinajstić information content (AvgIpc) is 2.77. The number of nitrogens with zero attached hydrogens (tertiary/aromatic N) is 1. The maximum absolute atomic E-state index is 13.1. The Balaban J connectivity index is 2.20. The van der Waals surface area contributed by atoms with E-state index in [2.05, 4.69) is 5.32 Å². The summed E-state index contributed by atoms with van der Waals surface area (Å²) in [5, 5.41) is 3.12. The third-order valence-corrected chi connectivity index (χ3v) is 3.50.